The van der Waals surface area contributed by atoms with Crippen LogP contribution < -0.4 is 4.74 Å². The molecule has 0 saturated heterocycles. The Balaban J connectivity index is 2.40. The average Bonchev–Trinajstić information content (AvgIpc) is 2.25. The first-order chi connectivity index (χ1) is 8.47. The third-order valence-corrected chi connectivity index (χ3v) is 3.28. The Bertz CT molecular complexity index is 565. The van der Waals surface area contributed by atoms with Gasteiger partial charge in [0.05, 0.1) is 0 Å². The molecule has 0 N–H and O–H groups in total. The number of benzene rings is 2. The van der Waals surface area contributed by atoms with Crippen molar-refractivity contribution >= 4 is 12.6 Å². The zero-order valence-corrected chi connectivity index (χ0v) is 12.1. The molecule has 0 aromatic heterocycles. The fraction of sp³-hybridized carbons (Fsp3) is 0.250. The summed E-state index contributed by atoms with van der Waals surface area (Å²) < 4.78 is 6.00. The quantitative estimate of drug-likeness (QED) is 0.746. The zero-order chi connectivity index (χ0) is 13.3. The Morgan fingerprint density at radius 3 is 2.00 bits per heavy atom. The van der Waals surface area contributed by atoms with Crippen LogP contribution in [-0.4, -0.2) is 0 Å². The van der Waals surface area contributed by atoms with Crippen molar-refractivity contribution in [2.75, 3.05) is 0 Å². The predicted molar refractivity (Wildman–Crippen MR) is 79.2 cm³/mol. The molecule has 1 nitrogen and oxygen atoms in total. The van der Waals surface area contributed by atoms with Crippen molar-refractivity contribution in [2.24, 2.45) is 0 Å². The summed E-state index contributed by atoms with van der Waals surface area (Å²) in [5, 5.41) is 0. The second-order valence-electron chi connectivity index (χ2n) is 4.80. The maximum atomic E-state index is 6.00. The predicted octanol–water partition coefficient (Wildman–Crippen LogP) is 5.00. The Morgan fingerprint density at radius 1 is 0.833 bits per heavy atom. The van der Waals surface area contributed by atoms with Gasteiger partial charge in [-0.3, -0.25) is 0 Å². The Kier molecular flexibility index (Phi) is 3.67. The van der Waals surface area contributed by atoms with E-state index in [2.05, 4.69) is 45.5 Å². The number of hydrogen-bond donors (Lipinski definition) is 1. The van der Waals surface area contributed by atoms with Gasteiger partial charge < -0.3 is 4.74 Å². The number of ether oxygens (including phenoxy) is 1. The largest absolute Gasteiger partial charge is 0.456 e. The summed E-state index contributed by atoms with van der Waals surface area (Å²) in [6.45, 7) is 8.29. The van der Waals surface area contributed by atoms with E-state index >= 15 is 0 Å². The van der Waals surface area contributed by atoms with Crippen LogP contribution in [0.4, 0.5) is 0 Å². The van der Waals surface area contributed by atoms with Gasteiger partial charge in [-0.05, 0) is 56.5 Å². The fourth-order valence-electron chi connectivity index (χ4n) is 2.15. The highest BCUT2D eigenvalue weighted by Gasteiger charge is 2.08. The first kappa shape index (κ1) is 13.0. The molecule has 18 heavy (non-hydrogen) atoms. The van der Waals surface area contributed by atoms with E-state index in [9.17, 15) is 0 Å². The number of aryl methyl sites for hydroxylation is 4. The second kappa shape index (κ2) is 5.07. The maximum absolute atomic E-state index is 6.00. The highest BCUT2D eigenvalue weighted by molar-refractivity contribution is 7.80. The zero-order valence-electron chi connectivity index (χ0n) is 11.2. The lowest BCUT2D eigenvalue weighted by molar-refractivity contribution is 0.464. The van der Waals surface area contributed by atoms with Crippen molar-refractivity contribution in [1.82, 2.24) is 0 Å². The van der Waals surface area contributed by atoms with Gasteiger partial charge in [0.1, 0.15) is 11.5 Å². The molecule has 0 aliphatic heterocycles. The third-order valence-electron chi connectivity index (χ3n) is 2.93. The lowest BCUT2D eigenvalue weighted by Crippen LogP contribution is -1.93. The number of thiol groups is 1. The monoisotopic (exact) mass is 258 g/mol. The van der Waals surface area contributed by atoms with Crippen LogP contribution in [-0.2, 0) is 0 Å². The van der Waals surface area contributed by atoms with Crippen LogP contribution in [0.1, 0.15) is 22.3 Å². The normalized spacial score (nSPS) is 10.5. The minimum absolute atomic E-state index is 0.805. The average molecular weight is 258 g/mol. The van der Waals surface area contributed by atoms with E-state index in [1.54, 1.807) is 0 Å². The summed E-state index contributed by atoms with van der Waals surface area (Å²) in [5.41, 5.74) is 4.75. The van der Waals surface area contributed by atoms with Gasteiger partial charge >= 0.3 is 0 Å². The van der Waals surface area contributed by atoms with E-state index in [1.165, 1.54) is 11.1 Å². The second-order valence-corrected chi connectivity index (χ2v) is 5.28. The Morgan fingerprint density at radius 2 is 1.44 bits per heavy atom. The van der Waals surface area contributed by atoms with Gasteiger partial charge in [0.2, 0.25) is 0 Å². The molecule has 0 spiro atoms. The highest BCUT2D eigenvalue weighted by Crippen LogP contribution is 2.33. The molecule has 0 heterocycles. The van der Waals surface area contributed by atoms with Gasteiger partial charge in [0.25, 0.3) is 0 Å². The molecule has 0 amide bonds. The standard InChI is InChI=1S/C16H18OS/c1-10-5-6-14(15(18)9-10)17-16-12(3)7-11(2)8-13(16)4/h5-9,18H,1-4H3. The molecule has 94 valence electrons. The van der Waals surface area contributed by atoms with Gasteiger partial charge in [-0.2, -0.15) is 0 Å². The van der Waals surface area contributed by atoms with Crippen molar-refractivity contribution in [1.29, 1.82) is 0 Å². The Hall–Kier alpha value is -1.41. The van der Waals surface area contributed by atoms with Crippen molar-refractivity contribution in [3.8, 4) is 11.5 Å². The molecule has 0 atom stereocenters. The van der Waals surface area contributed by atoms with Crippen LogP contribution >= 0.6 is 12.6 Å². The van der Waals surface area contributed by atoms with Gasteiger partial charge in [-0.25, -0.2) is 0 Å². The third kappa shape index (κ3) is 2.70. The van der Waals surface area contributed by atoms with Gasteiger partial charge in [-0.15, -0.1) is 12.6 Å². The van der Waals surface area contributed by atoms with Gasteiger partial charge in [0.15, 0.2) is 0 Å². The van der Waals surface area contributed by atoms with E-state index in [-0.39, 0.29) is 0 Å². The van der Waals surface area contributed by atoms with E-state index in [0.717, 1.165) is 27.5 Å². The van der Waals surface area contributed by atoms with Crippen molar-refractivity contribution < 1.29 is 4.74 Å². The SMILES string of the molecule is Cc1cc(C)c(Oc2ccc(C)cc2S)c(C)c1. The molecule has 0 aliphatic carbocycles. The van der Waals surface area contributed by atoms with E-state index in [0.29, 0.717) is 0 Å². The molecule has 0 bridgehead atoms. The van der Waals surface area contributed by atoms with Crippen LogP contribution in [0.5, 0.6) is 11.5 Å². The van der Waals surface area contributed by atoms with Crippen LogP contribution in [0.15, 0.2) is 35.2 Å². The smallest absolute Gasteiger partial charge is 0.140 e. The molecule has 0 unspecified atom stereocenters. The fourth-order valence-corrected chi connectivity index (χ4v) is 2.48. The number of rotatable bonds is 2. The minimum Gasteiger partial charge on any atom is -0.456 e. The lowest BCUT2D eigenvalue weighted by Gasteiger charge is -2.14. The van der Waals surface area contributed by atoms with Crippen molar-refractivity contribution in [2.45, 2.75) is 32.6 Å². The molecular formula is C16H18OS. The summed E-state index contributed by atoms with van der Waals surface area (Å²) in [5.74, 6) is 1.73. The molecule has 0 fully saturated rings. The van der Waals surface area contributed by atoms with E-state index in [1.807, 2.05) is 25.1 Å². The van der Waals surface area contributed by atoms with Gasteiger partial charge in [0, 0.05) is 4.90 Å². The highest BCUT2D eigenvalue weighted by atomic mass is 32.1. The van der Waals surface area contributed by atoms with E-state index < -0.39 is 0 Å². The molecule has 2 aromatic rings. The lowest BCUT2D eigenvalue weighted by atomic mass is 10.1. The van der Waals surface area contributed by atoms with Crippen LogP contribution in [0.2, 0.25) is 0 Å². The first-order valence-electron chi connectivity index (χ1n) is 6.02. The molecular weight excluding hydrogens is 240 g/mol. The number of hydrogen-bond acceptors (Lipinski definition) is 2. The summed E-state index contributed by atoms with van der Waals surface area (Å²) in [6.07, 6.45) is 0. The van der Waals surface area contributed by atoms with Crippen molar-refractivity contribution in [3.05, 3.63) is 52.6 Å². The molecule has 0 aliphatic rings. The summed E-state index contributed by atoms with van der Waals surface area (Å²) >= 11 is 4.46. The molecule has 2 heteroatoms. The molecule has 2 rings (SSSR count). The summed E-state index contributed by atoms with van der Waals surface area (Å²) in [7, 11) is 0. The van der Waals surface area contributed by atoms with E-state index in [4.69, 9.17) is 4.74 Å². The van der Waals surface area contributed by atoms with Crippen LogP contribution in [0.3, 0.4) is 0 Å². The van der Waals surface area contributed by atoms with Crippen LogP contribution in [0, 0.1) is 27.7 Å². The summed E-state index contributed by atoms with van der Waals surface area (Å²) in [4.78, 5) is 0.870. The van der Waals surface area contributed by atoms with Gasteiger partial charge in [-0.1, -0.05) is 23.8 Å². The Labute approximate surface area is 114 Å². The first-order valence-corrected chi connectivity index (χ1v) is 6.47. The van der Waals surface area contributed by atoms with Crippen LogP contribution in [0.25, 0.3) is 0 Å². The molecule has 0 radical (unpaired) electrons. The minimum atomic E-state index is 0.805. The topological polar surface area (TPSA) is 9.23 Å². The van der Waals surface area contributed by atoms with Crippen molar-refractivity contribution in [3.63, 3.8) is 0 Å². The molecule has 0 saturated carbocycles. The molecule has 2 aromatic carbocycles. The maximum Gasteiger partial charge on any atom is 0.140 e. The summed E-state index contributed by atoms with van der Waals surface area (Å²) in [6, 6.07) is 10.3.